The lowest BCUT2D eigenvalue weighted by Gasteiger charge is -2.18. The number of rotatable bonds is 8. The third-order valence-corrected chi connectivity index (χ3v) is 9.74. The molecule has 0 aliphatic heterocycles. The lowest BCUT2D eigenvalue weighted by Crippen LogP contribution is -2.35. The summed E-state index contributed by atoms with van der Waals surface area (Å²) in [5.41, 5.74) is -6.81. The van der Waals surface area contributed by atoms with Crippen LogP contribution >= 0.6 is 11.6 Å². The number of carbonyl (C=O) groups is 2. The highest BCUT2D eigenvalue weighted by Crippen LogP contribution is 2.38. The van der Waals surface area contributed by atoms with E-state index in [2.05, 4.69) is 24.4 Å². The minimum absolute atomic E-state index is 0.201. The number of carbonyl (C=O) groups excluding carboxylic acids is 2. The monoisotopic (exact) mass is 936 g/mol. The number of nitrogens with one attached hydrogen (secondary N) is 1. The van der Waals surface area contributed by atoms with Gasteiger partial charge in [-0.15, -0.1) is 0 Å². The summed E-state index contributed by atoms with van der Waals surface area (Å²) in [5.74, 6) is -0.478. The zero-order chi connectivity index (χ0) is 47.0. The Labute approximate surface area is 346 Å². The standard InChI is InChI=1S/C17H17F3N2O7S.C13H11F3N2O4S.C4H7ClO3/c1-9(29-16(24)27-3)28-14-12(8-21-22(2)15(14)23)11-6-5-10(17(18,19)20)7-13(11)30(4,25)26;1-18-12(20)11(19)9(6-17-18)8-4-3-7(13(14,15)16)5-10(8)23(2,21)22;1-3(5)8-4(6)7-2/h5-9H,1-4H3;3-6,17H,1-2H3;3H,1-2H3. The van der Waals surface area contributed by atoms with E-state index in [4.69, 9.17) is 21.1 Å². The summed E-state index contributed by atoms with van der Waals surface area (Å²) in [6.45, 7) is 2.78. The zero-order valence-electron chi connectivity index (χ0n) is 32.8. The molecule has 336 valence electrons. The van der Waals surface area contributed by atoms with Crippen molar-refractivity contribution >= 4 is 43.6 Å². The molecule has 4 rings (SSSR count). The van der Waals surface area contributed by atoms with E-state index in [1.54, 1.807) is 0 Å². The van der Waals surface area contributed by atoms with Gasteiger partial charge in [-0.05, 0) is 31.2 Å². The number of nitrogens with zero attached hydrogens (tertiary/aromatic N) is 3. The summed E-state index contributed by atoms with van der Waals surface area (Å²) in [4.78, 5) is 56.1. The average molecular weight is 937 g/mol. The van der Waals surface area contributed by atoms with Gasteiger partial charge in [-0.3, -0.25) is 19.1 Å². The number of hydrogen-bond acceptors (Lipinski definition) is 15. The summed E-state index contributed by atoms with van der Waals surface area (Å²) in [5, 5.41) is 6.19. The number of aromatic amines is 1. The fraction of sp³-hybridized carbons (Fsp3) is 0.353. The summed E-state index contributed by atoms with van der Waals surface area (Å²) in [7, 11) is -3.40. The Hall–Kier alpha value is -5.89. The largest absolute Gasteiger partial charge is 0.511 e. The van der Waals surface area contributed by atoms with E-state index in [0.717, 1.165) is 53.5 Å². The fourth-order valence-corrected chi connectivity index (χ4v) is 6.50. The summed E-state index contributed by atoms with van der Waals surface area (Å²) in [6.07, 6.45) is -9.16. The molecule has 0 saturated heterocycles. The Morgan fingerprint density at radius 3 is 1.57 bits per heavy atom. The average Bonchev–Trinajstić information content (AvgIpc) is 3.14. The molecule has 0 radical (unpaired) electrons. The van der Waals surface area contributed by atoms with Crippen LogP contribution < -0.4 is 21.3 Å². The maximum absolute atomic E-state index is 13.1. The van der Waals surface area contributed by atoms with Gasteiger partial charge in [0.25, 0.3) is 5.43 Å². The first-order valence-electron chi connectivity index (χ1n) is 16.3. The van der Waals surface area contributed by atoms with Gasteiger partial charge in [-0.25, -0.2) is 31.1 Å². The van der Waals surface area contributed by atoms with Crippen molar-refractivity contribution in [3.8, 4) is 28.0 Å². The van der Waals surface area contributed by atoms with Crippen molar-refractivity contribution in [3.05, 3.63) is 90.8 Å². The third kappa shape index (κ3) is 14.1. The number of H-pyrrole nitrogens is 1. The molecule has 4 aromatic rings. The lowest BCUT2D eigenvalue weighted by atomic mass is 10.0. The molecule has 2 unspecified atom stereocenters. The molecule has 61 heavy (non-hydrogen) atoms. The second kappa shape index (κ2) is 20.1. The number of hydrogen-bond donors (Lipinski definition) is 1. The highest BCUT2D eigenvalue weighted by atomic mass is 35.5. The predicted molar refractivity (Wildman–Crippen MR) is 201 cm³/mol. The van der Waals surface area contributed by atoms with Crippen molar-refractivity contribution in [2.75, 3.05) is 26.7 Å². The molecule has 2 aromatic carbocycles. The smallest absolute Gasteiger partial charge is 0.448 e. The van der Waals surface area contributed by atoms with Crippen molar-refractivity contribution < 1.29 is 76.5 Å². The van der Waals surface area contributed by atoms with Gasteiger partial charge in [-0.2, -0.15) is 31.4 Å². The van der Waals surface area contributed by atoms with Gasteiger partial charge in [0.05, 0.1) is 52.5 Å². The first-order valence-corrected chi connectivity index (χ1v) is 20.5. The number of aromatic nitrogens is 4. The Morgan fingerprint density at radius 1 is 0.738 bits per heavy atom. The number of methoxy groups -OCH3 is 2. The predicted octanol–water partition coefficient (Wildman–Crippen LogP) is 4.89. The van der Waals surface area contributed by atoms with Crippen molar-refractivity contribution in [3.63, 3.8) is 0 Å². The van der Waals surface area contributed by atoms with Crippen LogP contribution in [0, 0.1) is 0 Å². The molecule has 0 spiro atoms. The van der Waals surface area contributed by atoms with Crippen molar-refractivity contribution in [2.24, 2.45) is 14.1 Å². The van der Waals surface area contributed by atoms with Gasteiger partial charge < -0.3 is 28.8 Å². The van der Waals surface area contributed by atoms with Gasteiger partial charge in [-0.1, -0.05) is 23.7 Å². The third-order valence-electron chi connectivity index (χ3n) is 7.37. The number of aryl methyl sites for hydroxylation is 2. The zero-order valence-corrected chi connectivity index (χ0v) is 35.2. The number of sulfone groups is 2. The number of ether oxygens (including phenoxy) is 5. The van der Waals surface area contributed by atoms with E-state index < -0.39 is 99.4 Å². The topological polar surface area (TPSA) is 238 Å². The summed E-state index contributed by atoms with van der Waals surface area (Å²) >= 11 is 5.23. The van der Waals surface area contributed by atoms with E-state index in [-0.39, 0.29) is 22.3 Å². The van der Waals surface area contributed by atoms with Crippen LogP contribution in [0.5, 0.6) is 5.75 Å². The molecule has 0 fully saturated rings. The number of halogens is 7. The molecule has 0 amide bonds. The van der Waals surface area contributed by atoms with Gasteiger partial charge in [0.2, 0.25) is 6.29 Å². The van der Waals surface area contributed by atoms with Crippen molar-refractivity contribution in [1.29, 1.82) is 0 Å². The van der Waals surface area contributed by atoms with Gasteiger partial charge in [0, 0.05) is 50.9 Å². The quantitative estimate of drug-likeness (QED) is 0.0813. The SMILES string of the molecule is COC(=O)OC(C)Cl.COC(=O)OC(C)Oc1c(-c2ccc(C(F)(F)F)cc2S(C)(=O)=O)cnn(C)c1=O.Cn1[nH]cc(-c2ccc(C(F)(F)F)cc2S(C)(=O)=O)c(=O)c1=O. The molecule has 2 atom stereocenters. The van der Waals surface area contributed by atoms with E-state index >= 15 is 0 Å². The maximum atomic E-state index is 13.1. The van der Waals surface area contributed by atoms with Crippen LogP contribution in [-0.4, -0.2) is 87.3 Å². The molecule has 0 bridgehead atoms. The number of alkyl halides is 7. The second-order valence-corrected chi connectivity index (χ2v) is 16.6. The molecule has 0 aliphatic carbocycles. The van der Waals surface area contributed by atoms with Gasteiger partial charge >= 0.3 is 35.8 Å². The molecular weight excluding hydrogens is 902 g/mol. The molecule has 1 N–H and O–H groups in total. The first-order chi connectivity index (χ1) is 27.8. The Morgan fingerprint density at radius 2 is 1.18 bits per heavy atom. The highest BCUT2D eigenvalue weighted by Gasteiger charge is 2.34. The Bertz CT molecular complexity index is 2660. The Balaban J connectivity index is 0.000000364. The second-order valence-electron chi connectivity index (χ2n) is 12.0. The highest BCUT2D eigenvalue weighted by molar-refractivity contribution is 7.91. The molecule has 2 aromatic heterocycles. The van der Waals surface area contributed by atoms with Gasteiger partial charge in [0.15, 0.2) is 31.0 Å². The normalized spacial score (nSPS) is 12.6. The molecule has 18 nitrogen and oxygen atoms in total. The van der Waals surface area contributed by atoms with Crippen LogP contribution in [0.1, 0.15) is 25.0 Å². The maximum Gasteiger partial charge on any atom is 0.511 e. The summed E-state index contributed by atoms with van der Waals surface area (Å²) < 4.78 is 150. The van der Waals surface area contributed by atoms with E-state index in [0.29, 0.717) is 24.3 Å². The van der Waals surface area contributed by atoms with Crippen LogP contribution in [0.4, 0.5) is 35.9 Å². The minimum atomic E-state index is -4.79. The minimum Gasteiger partial charge on any atom is -0.448 e. The molecular formula is C34H35ClF6N4O14S2. The lowest BCUT2D eigenvalue weighted by molar-refractivity contribution is -0.138. The Kier molecular flexibility index (Phi) is 16.9. The van der Waals surface area contributed by atoms with Crippen molar-refractivity contribution in [1.82, 2.24) is 19.6 Å². The van der Waals surface area contributed by atoms with Crippen LogP contribution in [0.25, 0.3) is 22.3 Å². The first kappa shape index (κ1) is 51.3. The number of benzene rings is 2. The summed E-state index contributed by atoms with van der Waals surface area (Å²) in [6, 6.07) is 3.99. The van der Waals surface area contributed by atoms with E-state index in [9.17, 15) is 67.2 Å². The van der Waals surface area contributed by atoms with E-state index in [1.165, 1.54) is 35.1 Å². The molecule has 0 aliphatic rings. The van der Waals surface area contributed by atoms with Crippen LogP contribution in [-0.2, 0) is 65.1 Å². The molecule has 0 saturated carbocycles. The van der Waals surface area contributed by atoms with Gasteiger partial charge in [0.1, 0.15) is 0 Å². The van der Waals surface area contributed by atoms with E-state index in [1.807, 2.05) is 0 Å². The fourth-order valence-electron chi connectivity index (χ4n) is 4.59. The van der Waals surface area contributed by atoms with Crippen LogP contribution in [0.15, 0.2) is 73.0 Å². The molecule has 27 heteroatoms. The van der Waals surface area contributed by atoms with Crippen LogP contribution in [0.3, 0.4) is 0 Å². The van der Waals surface area contributed by atoms with Crippen LogP contribution in [0.2, 0.25) is 0 Å². The van der Waals surface area contributed by atoms with Crippen molar-refractivity contribution in [2.45, 2.75) is 47.8 Å². The molecule has 2 heterocycles.